The lowest BCUT2D eigenvalue weighted by Gasteiger charge is -2.45. The van der Waals surface area contributed by atoms with Crippen molar-refractivity contribution in [1.82, 2.24) is 0 Å². The van der Waals surface area contributed by atoms with E-state index in [1.54, 1.807) is 0 Å². The summed E-state index contributed by atoms with van der Waals surface area (Å²) in [4.78, 5) is 5.07. The van der Waals surface area contributed by atoms with E-state index in [4.69, 9.17) is 0 Å². The van der Waals surface area contributed by atoms with Crippen LogP contribution in [0, 0.1) is 0 Å². The van der Waals surface area contributed by atoms with Gasteiger partial charge in [0.25, 0.3) is 0 Å². The molecule has 1 aliphatic rings. The summed E-state index contributed by atoms with van der Waals surface area (Å²) in [6.07, 6.45) is 0. The minimum absolute atomic E-state index is 0.382. The minimum Gasteiger partial charge on any atom is -0.309 e. The zero-order valence-corrected chi connectivity index (χ0v) is 34.3. The van der Waals surface area contributed by atoms with E-state index >= 15 is 0 Å². The zero-order chi connectivity index (χ0) is 40.9. The van der Waals surface area contributed by atoms with Crippen LogP contribution in [0.15, 0.2) is 231 Å². The number of anilines is 6. The van der Waals surface area contributed by atoms with E-state index in [0.29, 0.717) is 0 Å². The molecule has 0 saturated carbocycles. The third kappa shape index (κ3) is 6.10. The lowest BCUT2D eigenvalue weighted by atomic mass is 9.72. The predicted molar refractivity (Wildman–Crippen MR) is 259 cm³/mol. The molecule has 0 aromatic heterocycles. The lowest BCUT2D eigenvalue weighted by Crippen LogP contribution is -2.32. The summed E-state index contributed by atoms with van der Waals surface area (Å²) in [7, 11) is 0. The van der Waals surface area contributed by atoms with Crippen molar-refractivity contribution in [3.63, 3.8) is 0 Å². The topological polar surface area (TPSA) is 6.48 Å². The van der Waals surface area contributed by atoms with Crippen LogP contribution >= 0.6 is 0 Å². The van der Waals surface area contributed by atoms with Crippen molar-refractivity contribution in [1.29, 1.82) is 0 Å². The van der Waals surface area contributed by atoms with Gasteiger partial charge in [-0.25, -0.2) is 0 Å². The Kier molecular flexibility index (Phi) is 8.86. The summed E-state index contributed by atoms with van der Waals surface area (Å²) in [6.45, 7) is 4.81. The predicted octanol–water partition coefficient (Wildman–Crippen LogP) is 16.6. The molecule has 2 nitrogen and oxygen atoms in total. The molecule has 0 fully saturated rings. The standard InChI is InChI=1S/C59H44N2/c1-59(2)52-30-14-16-32-54(52)61(58-49-28-12-10-24-45(49)37-40-51(58)50-29-17-25-43-23-9-11-26-47(43)50)56-34-18-33-55(57(56)59)60(46-38-35-42(36-39-46)41-19-5-3-6-20-41)53-31-15-13-27-48(53)44-21-7-4-8-22-44/h3-40H,1-2H3. The first-order chi connectivity index (χ1) is 30.1. The first kappa shape index (κ1) is 36.4. The van der Waals surface area contributed by atoms with Gasteiger partial charge in [0.15, 0.2) is 0 Å². The van der Waals surface area contributed by atoms with E-state index in [1.165, 1.54) is 83.1 Å². The molecule has 2 heteroatoms. The van der Waals surface area contributed by atoms with Gasteiger partial charge in [0.05, 0.1) is 28.4 Å². The molecule has 61 heavy (non-hydrogen) atoms. The Balaban J connectivity index is 1.21. The monoisotopic (exact) mass is 780 g/mol. The van der Waals surface area contributed by atoms with Crippen molar-refractivity contribution in [2.45, 2.75) is 19.3 Å². The van der Waals surface area contributed by atoms with Gasteiger partial charge in [0, 0.05) is 33.2 Å². The molecule has 11 rings (SSSR count). The molecule has 0 bridgehead atoms. The molecule has 0 unspecified atom stereocenters. The SMILES string of the molecule is CC1(C)c2ccccc2N(c2c(-c3cccc4ccccc34)ccc3ccccc23)c2cccc(N(c3ccc(-c4ccccc4)cc3)c3ccccc3-c3ccccc3)c21. The van der Waals surface area contributed by atoms with Gasteiger partial charge in [-0.1, -0.05) is 208 Å². The highest BCUT2D eigenvalue weighted by Gasteiger charge is 2.41. The summed E-state index contributed by atoms with van der Waals surface area (Å²) in [5.74, 6) is 0. The Morgan fingerprint density at radius 3 is 1.69 bits per heavy atom. The number of nitrogens with zero attached hydrogens (tertiary/aromatic N) is 2. The minimum atomic E-state index is -0.382. The number of para-hydroxylation sites is 2. The third-order valence-corrected chi connectivity index (χ3v) is 12.6. The van der Waals surface area contributed by atoms with E-state index in [1.807, 2.05) is 0 Å². The molecule has 10 aromatic carbocycles. The Labute approximate surface area is 358 Å². The molecule has 1 heterocycles. The van der Waals surface area contributed by atoms with Gasteiger partial charge < -0.3 is 9.80 Å². The van der Waals surface area contributed by atoms with Crippen molar-refractivity contribution in [3.05, 3.63) is 242 Å². The van der Waals surface area contributed by atoms with Crippen molar-refractivity contribution in [2.75, 3.05) is 9.80 Å². The van der Waals surface area contributed by atoms with Crippen LogP contribution in [0.1, 0.15) is 25.0 Å². The first-order valence-corrected chi connectivity index (χ1v) is 21.2. The van der Waals surface area contributed by atoms with Crippen molar-refractivity contribution < 1.29 is 0 Å². The van der Waals surface area contributed by atoms with Gasteiger partial charge in [0.1, 0.15) is 0 Å². The molecule has 290 valence electrons. The highest BCUT2D eigenvalue weighted by atomic mass is 15.2. The van der Waals surface area contributed by atoms with Crippen LogP contribution in [0.3, 0.4) is 0 Å². The van der Waals surface area contributed by atoms with E-state index in [9.17, 15) is 0 Å². The summed E-state index contributed by atoms with van der Waals surface area (Å²) < 4.78 is 0. The van der Waals surface area contributed by atoms with Crippen LogP contribution in [0.25, 0.3) is 54.9 Å². The average molecular weight is 781 g/mol. The van der Waals surface area contributed by atoms with Crippen molar-refractivity contribution in [3.8, 4) is 33.4 Å². The van der Waals surface area contributed by atoms with E-state index in [-0.39, 0.29) is 5.41 Å². The molecule has 0 saturated heterocycles. The molecule has 0 amide bonds. The number of hydrogen-bond acceptors (Lipinski definition) is 2. The van der Waals surface area contributed by atoms with Crippen molar-refractivity contribution >= 4 is 55.7 Å². The summed E-state index contributed by atoms with van der Waals surface area (Å²) >= 11 is 0. The normalized spacial score (nSPS) is 12.9. The van der Waals surface area contributed by atoms with Crippen LogP contribution in [0.5, 0.6) is 0 Å². The van der Waals surface area contributed by atoms with Gasteiger partial charge in [-0.2, -0.15) is 0 Å². The van der Waals surface area contributed by atoms with Crippen LogP contribution < -0.4 is 9.80 Å². The van der Waals surface area contributed by atoms with Gasteiger partial charge >= 0.3 is 0 Å². The molecule has 0 atom stereocenters. The fourth-order valence-electron chi connectivity index (χ4n) is 9.79. The van der Waals surface area contributed by atoms with Crippen LogP contribution in [-0.2, 0) is 5.41 Å². The number of hydrogen-bond donors (Lipinski definition) is 0. The Bertz CT molecular complexity index is 3210. The van der Waals surface area contributed by atoms with Gasteiger partial charge in [-0.05, 0) is 80.4 Å². The maximum Gasteiger partial charge on any atom is 0.0618 e. The Morgan fingerprint density at radius 2 is 0.902 bits per heavy atom. The van der Waals surface area contributed by atoms with Gasteiger partial charge in [0.2, 0.25) is 0 Å². The Morgan fingerprint density at radius 1 is 0.361 bits per heavy atom. The molecule has 0 radical (unpaired) electrons. The van der Waals surface area contributed by atoms with Crippen LogP contribution in [-0.4, -0.2) is 0 Å². The van der Waals surface area contributed by atoms with E-state index in [0.717, 1.165) is 17.1 Å². The maximum atomic E-state index is 2.57. The quantitative estimate of drug-likeness (QED) is 0.159. The second-order valence-electron chi connectivity index (χ2n) is 16.5. The lowest BCUT2D eigenvalue weighted by molar-refractivity contribution is 0.632. The fourth-order valence-corrected chi connectivity index (χ4v) is 9.79. The third-order valence-electron chi connectivity index (χ3n) is 12.6. The summed E-state index contributed by atoms with van der Waals surface area (Å²) in [5.41, 5.74) is 16.2. The second-order valence-corrected chi connectivity index (χ2v) is 16.5. The molecular formula is C59H44N2. The Hall–Kier alpha value is -7.68. The maximum absolute atomic E-state index is 2.57. The second kappa shape index (κ2) is 14.9. The molecule has 0 spiro atoms. The zero-order valence-electron chi connectivity index (χ0n) is 34.3. The highest BCUT2D eigenvalue weighted by Crippen LogP contribution is 2.59. The highest BCUT2D eigenvalue weighted by molar-refractivity contribution is 6.11. The van der Waals surface area contributed by atoms with Crippen LogP contribution in [0.2, 0.25) is 0 Å². The van der Waals surface area contributed by atoms with Gasteiger partial charge in [-0.15, -0.1) is 0 Å². The molecular weight excluding hydrogens is 737 g/mol. The molecule has 0 N–H and O–H groups in total. The smallest absolute Gasteiger partial charge is 0.0618 e. The largest absolute Gasteiger partial charge is 0.309 e. The molecule has 0 aliphatic carbocycles. The van der Waals surface area contributed by atoms with E-state index in [2.05, 4.69) is 254 Å². The molecule has 10 aromatic rings. The molecule has 1 aliphatic heterocycles. The van der Waals surface area contributed by atoms with Crippen molar-refractivity contribution in [2.24, 2.45) is 0 Å². The first-order valence-electron chi connectivity index (χ1n) is 21.2. The van der Waals surface area contributed by atoms with Crippen LogP contribution in [0.4, 0.5) is 34.1 Å². The number of benzene rings is 10. The number of rotatable bonds is 7. The average Bonchev–Trinajstić information content (AvgIpc) is 3.32. The fraction of sp³-hybridized carbons (Fsp3) is 0.0508. The number of fused-ring (bicyclic) bond motifs is 4. The summed E-state index contributed by atoms with van der Waals surface area (Å²) in [5, 5.41) is 4.89. The van der Waals surface area contributed by atoms with E-state index < -0.39 is 0 Å². The summed E-state index contributed by atoms with van der Waals surface area (Å²) in [6, 6.07) is 84.3. The van der Waals surface area contributed by atoms with Gasteiger partial charge in [-0.3, -0.25) is 0 Å².